The first-order chi connectivity index (χ1) is 10.6. The minimum Gasteiger partial charge on any atom is -0.371 e. The maximum atomic E-state index is 13.3. The SMILES string of the molecule is O=C(NCCC1CC1)N[C@H]1CCO[C@H]1c1ccc(F)c(F)c1. The molecule has 0 bridgehead atoms. The molecule has 2 fully saturated rings. The van der Waals surface area contributed by atoms with Gasteiger partial charge in [0.05, 0.1) is 6.04 Å². The normalized spacial score (nSPS) is 24.3. The topological polar surface area (TPSA) is 50.4 Å². The molecule has 1 aromatic carbocycles. The molecule has 4 nitrogen and oxygen atoms in total. The van der Waals surface area contributed by atoms with Crippen molar-refractivity contribution in [3.8, 4) is 0 Å². The molecule has 2 N–H and O–H groups in total. The van der Waals surface area contributed by atoms with E-state index in [0.29, 0.717) is 25.1 Å². The largest absolute Gasteiger partial charge is 0.371 e. The number of urea groups is 1. The van der Waals surface area contributed by atoms with Gasteiger partial charge in [0.15, 0.2) is 11.6 Å². The number of hydrogen-bond donors (Lipinski definition) is 2. The van der Waals surface area contributed by atoms with Gasteiger partial charge in [-0.15, -0.1) is 0 Å². The van der Waals surface area contributed by atoms with Crippen molar-refractivity contribution in [3.05, 3.63) is 35.4 Å². The van der Waals surface area contributed by atoms with Gasteiger partial charge in [-0.1, -0.05) is 18.9 Å². The van der Waals surface area contributed by atoms with Crippen LogP contribution < -0.4 is 10.6 Å². The Balaban J connectivity index is 1.55. The number of ether oxygens (including phenoxy) is 1. The summed E-state index contributed by atoms with van der Waals surface area (Å²) in [5, 5.41) is 5.70. The van der Waals surface area contributed by atoms with E-state index in [1.165, 1.54) is 18.9 Å². The summed E-state index contributed by atoms with van der Waals surface area (Å²) in [6.07, 6.45) is 3.75. The van der Waals surface area contributed by atoms with Gasteiger partial charge in [-0.2, -0.15) is 0 Å². The van der Waals surface area contributed by atoms with Gasteiger partial charge in [-0.3, -0.25) is 0 Å². The molecule has 2 atom stereocenters. The summed E-state index contributed by atoms with van der Waals surface area (Å²) in [4.78, 5) is 11.9. The summed E-state index contributed by atoms with van der Waals surface area (Å²) in [6.45, 7) is 1.15. The van der Waals surface area contributed by atoms with E-state index in [-0.39, 0.29) is 12.1 Å². The second kappa shape index (κ2) is 6.60. The Kier molecular flexibility index (Phi) is 4.57. The Hall–Kier alpha value is -1.69. The molecule has 1 heterocycles. The Labute approximate surface area is 128 Å². The summed E-state index contributed by atoms with van der Waals surface area (Å²) in [5.41, 5.74) is 0.541. The van der Waals surface area contributed by atoms with Gasteiger partial charge in [0.1, 0.15) is 6.10 Å². The van der Waals surface area contributed by atoms with Gasteiger partial charge in [0, 0.05) is 13.2 Å². The molecule has 120 valence electrons. The van der Waals surface area contributed by atoms with Crippen LogP contribution in [0.3, 0.4) is 0 Å². The van der Waals surface area contributed by atoms with Gasteiger partial charge in [0.2, 0.25) is 0 Å². The number of amides is 2. The molecule has 0 radical (unpaired) electrons. The summed E-state index contributed by atoms with van der Waals surface area (Å²) in [5.74, 6) is -1.02. The first kappa shape index (κ1) is 15.2. The molecular formula is C16H20F2N2O2. The minimum absolute atomic E-state index is 0.231. The van der Waals surface area contributed by atoms with Crippen LogP contribution in [0.2, 0.25) is 0 Å². The van der Waals surface area contributed by atoms with E-state index in [0.717, 1.165) is 24.5 Å². The molecule has 1 aliphatic heterocycles. The fraction of sp³-hybridized carbons (Fsp3) is 0.562. The van der Waals surface area contributed by atoms with E-state index in [4.69, 9.17) is 4.74 Å². The summed E-state index contributed by atoms with van der Waals surface area (Å²) >= 11 is 0. The Morgan fingerprint density at radius 1 is 1.23 bits per heavy atom. The van der Waals surface area contributed by atoms with Gasteiger partial charge in [-0.05, 0) is 36.5 Å². The molecule has 0 unspecified atom stereocenters. The van der Waals surface area contributed by atoms with Crippen molar-refractivity contribution < 1.29 is 18.3 Å². The van der Waals surface area contributed by atoms with Gasteiger partial charge >= 0.3 is 6.03 Å². The van der Waals surface area contributed by atoms with E-state index in [1.807, 2.05) is 0 Å². The van der Waals surface area contributed by atoms with Crippen LogP contribution in [-0.2, 0) is 4.74 Å². The fourth-order valence-electron chi connectivity index (χ4n) is 2.77. The van der Waals surface area contributed by atoms with Crippen LogP contribution >= 0.6 is 0 Å². The summed E-state index contributed by atoms with van der Waals surface area (Å²) in [6, 6.07) is 3.24. The molecular weight excluding hydrogens is 290 g/mol. The van der Waals surface area contributed by atoms with E-state index in [2.05, 4.69) is 10.6 Å². The standard InChI is InChI=1S/C16H20F2N2O2/c17-12-4-3-11(9-13(12)18)15-14(6-8-22-15)20-16(21)19-7-5-10-1-2-10/h3-4,9-10,14-15H,1-2,5-8H2,(H2,19,20,21)/t14-,15-/m0/s1. The number of nitrogens with one attached hydrogen (secondary N) is 2. The number of halogens is 2. The lowest BCUT2D eigenvalue weighted by molar-refractivity contribution is 0.0995. The van der Waals surface area contributed by atoms with Crippen LogP contribution in [0.4, 0.5) is 13.6 Å². The van der Waals surface area contributed by atoms with Crippen molar-refractivity contribution in [3.63, 3.8) is 0 Å². The number of hydrogen-bond acceptors (Lipinski definition) is 2. The van der Waals surface area contributed by atoms with Crippen molar-refractivity contribution in [2.75, 3.05) is 13.2 Å². The molecule has 1 aliphatic carbocycles. The average molecular weight is 310 g/mol. The number of carbonyl (C=O) groups is 1. The zero-order valence-corrected chi connectivity index (χ0v) is 12.3. The highest BCUT2D eigenvalue weighted by Crippen LogP contribution is 2.32. The minimum atomic E-state index is -0.902. The van der Waals surface area contributed by atoms with Crippen molar-refractivity contribution >= 4 is 6.03 Å². The quantitative estimate of drug-likeness (QED) is 0.878. The van der Waals surface area contributed by atoms with Crippen molar-refractivity contribution in [1.82, 2.24) is 10.6 Å². The Morgan fingerprint density at radius 3 is 2.77 bits per heavy atom. The molecule has 3 rings (SSSR count). The lowest BCUT2D eigenvalue weighted by atomic mass is 10.0. The first-order valence-corrected chi connectivity index (χ1v) is 7.74. The van der Waals surface area contributed by atoms with Crippen LogP contribution in [-0.4, -0.2) is 25.2 Å². The van der Waals surface area contributed by atoms with Crippen molar-refractivity contribution in [2.24, 2.45) is 5.92 Å². The third-order valence-corrected chi connectivity index (χ3v) is 4.22. The van der Waals surface area contributed by atoms with Gasteiger partial charge < -0.3 is 15.4 Å². The smallest absolute Gasteiger partial charge is 0.315 e. The third-order valence-electron chi connectivity index (χ3n) is 4.22. The predicted molar refractivity (Wildman–Crippen MR) is 77.3 cm³/mol. The highest BCUT2D eigenvalue weighted by molar-refractivity contribution is 5.74. The summed E-state index contributed by atoms with van der Waals surface area (Å²) < 4.78 is 31.9. The van der Waals surface area contributed by atoms with E-state index in [9.17, 15) is 13.6 Å². The third kappa shape index (κ3) is 3.74. The summed E-state index contributed by atoms with van der Waals surface area (Å²) in [7, 11) is 0. The van der Waals surface area contributed by atoms with Crippen LogP contribution in [0.15, 0.2) is 18.2 Å². The maximum Gasteiger partial charge on any atom is 0.315 e. The zero-order chi connectivity index (χ0) is 15.5. The second-order valence-electron chi connectivity index (χ2n) is 5.99. The number of carbonyl (C=O) groups excluding carboxylic acids is 1. The van der Waals surface area contributed by atoms with E-state index in [1.54, 1.807) is 0 Å². The van der Waals surface area contributed by atoms with Crippen molar-refractivity contribution in [2.45, 2.75) is 37.8 Å². The molecule has 1 saturated carbocycles. The fourth-order valence-corrected chi connectivity index (χ4v) is 2.77. The highest BCUT2D eigenvalue weighted by atomic mass is 19.2. The van der Waals surface area contributed by atoms with Gasteiger partial charge in [0.25, 0.3) is 0 Å². The molecule has 1 aromatic rings. The number of rotatable bonds is 5. The van der Waals surface area contributed by atoms with Gasteiger partial charge in [-0.25, -0.2) is 13.6 Å². The molecule has 1 saturated heterocycles. The van der Waals surface area contributed by atoms with Crippen LogP contribution in [0, 0.1) is 17.6 Å². The lowest BCUT2D eigenvalue weighted by Crippen LogP contribution is -2.43. The lowest BCUT2D eigenvalue weighted by Gasteiger charge is -2.20. The first-order valence-electron chi connectivity index (χ1n) is 7.74. The molecule has 0 spiro atoms. The van der Waals surface area contributed by atoms with Crippen LogP contribution in [0.5, 0.6) is 0 Å². The van der Waals surface area contributed by atoms with Crippen molar-refractivity contribution in [1.29, 1.82) is 0 Å². The predicted octanol–water partition coefficient (Wildman–Crippen LogP) is 2.89. The number of benzene rings is 1. The molecule has 2 amide bonds. The van der Waals surface area contributed by atoms with Crippen LogP contribution in [0.1, 0.15) is 37.4 Å². The highest BCUT2D eigenvalue weighted by Gasteiger charge is 2.31. The van der Waals surface area contributed by atoms with E-state index >= 15 is 0 Å². The monoisotopic (exact) mass is 310 g/mol. The molecule has 6 heteroatoms. The van der Waals surface area contributed by atoms with E-state index < -0.39 is 17.7 Å². The van der Waals surface area contributed by atoms with Crippen LogP contribution in [0.25, 0.3) is 0 Å². The average Bonchev–Trinajstić information content (AvgIpc) is 3.20. The molecule has 22 heavy (non-hydrogen) atoms. The Morgan fingerprint density at radius 2 is 2.05 bits per heavy atom. The maximum absolute atomic E-state index is 13.3. The zero-order valence-electron chi connectivity index (χ0n) is 12.3. The Bertz CT molecular complexity index is 549. The molecule has 2 aliphatic rings. The molecule has 0 aromatic heterocycles. The second-order valence-corrected chi connectivity index (χ2v) is 5.99.